The van der Waals surface area contributed by atoms with Gasteiger partial charge in [-0.05, 0) is 56.1 Å². The molecule has 0 aromatic heterocycles. The average molecular weight is 378 g/mol. The second-order valence-electron chi connectivity index (χ2n) is 8.06. The van der Waals surface area contributed by atoms with Crippen molar-refractivity contribution in [2.45, 2.75) is 62.7 Å². The summed E-state index contributed by atoms with van der Waals surface area (Å²) in [6.07, 6.45) is 7.01. The van der Waals surface area contributed by atoms with Crippen LogP contribution in [0.2, 0.25) is 5.02 Å². The second-order valence-corrected chi connectivity index (χ2v) is 8.47. The molecule has 3 atom stereocenters. The number of hydrogen-bond acceptors (Lipinski definition) is 3. The second kappa shape index (κ2) is 7.49. The van der Waals surface area contributed by atoms with Crippen molar-refractivity contribution in [2.75, 3.05) is 20.3 Å². The molecular weight excluding hydrogens is 350 g/mol. The van der Waals surface area contributed by atoms with Gasteiger partial charge in [-0.3, -0.25) is 4.79 Å². The standard InChI is InChI=1S/C21H28ClNO3/c1-25-21-9-8-17(26-14-15-6-7-15)13-19(21)23(11-10-21)20(24)12-16-4-2-3-5-18(16)22/h2-5,15,17,19H,6-14H2,1H3/t17-,19-,21+/m0/s1. The van der Waals surface area contributed by atoms with E-state index in [4.69, 9.17) is 21.1 Å². The van der Waals surface area contributed by atoms with Crippen molar-refractivity contribution in [3.05, 3.63) is 34.9 Å². The van der Waals surface area contributed by atoms with Gasteiger partial charge in [0.1, 0.15) is 0 Å². The molecule has 4 rings (SSSR count). The molecule has 1 saturated heterocycles. The van der Waals surface area contributed by atoms with E-state index in [0.29, 0.717) is 11.4 Å². The lowest BCUT2D eigenvalue weighted by atomic mass is 9.79. The number of likely N-dealkylation sites (tertiary alicyclic amines) is 1. The summed E-state index contributed by atoms with van der Waals surface area (Å²) in [7, 11) is 1.79. The number of methoxy groups -OCH3 is 1. The van der Waals surface area contributed by atoms with E-state index in [0.717, 1.165) is 50.3 Å². The molecule has 26 heavy (non-hydrogen) atoms. The fourth-order valence-corrected chi connectivity index (χ4v) is 4.78. The molecule has 142 valence electrons. The van der Waals surface area contributed by atoms with Gasteiger partial charge in [0.05, 0.1) is 24.2 Å². The first-order valence-electron chi connectivity index (χ1n) is 9.81. The monoisotopic (exact) mass is 377 g/mol. The molecule has 2 saturated carbocycles. The molecular formula is C21H28ClNO3. The maximum Gasteiger partial charge on any atom is 0.227 e. The summed E-state index contributed by atoms with van der Waals surface area (Å²) in [6.45, 7) is 1.64. The summed E-state index contributed by atoms with van der Waals surface area (Å²) in [4.78, 5) is 15.1. The molecule has 3 fully saturated rings. The van der Waals surface area contributed by atoms with E-state index in [2.05, 4.69) is 0 Å². The summed E-state index contributed by atoms with van der Waals surface area (Å²) in [5.74, 6) is 0.913. The van der Waals surface area contributed by atoms with Crippen LogP contribution in [0.1, 0.15) is 44.1 Å². The number of amides is 1. The van der Waals surface area contributed by atoms with Crippen molar-refractivity contribution in [3.63, 3.8) is 0 Å². The first kappa shape index (κ1) is 18.3. The van der Waals surface area contributed by atoms with Gasteiger partial charge in [0.25, 0.3) is 0 Å². The topological polar surface area (TPSA) is 38.8 Å². The summed E-state index contributed by atoms with van der Waals surface area (Å²) in [5, 5.41) is 0.660. The van der Waals surface area contributed by atoms with Gasteiger partial charge in [-0.1, -0.05) is 29.8 Å². The van der Waals surface area contributed by atoms with E-state index in [1.165, 1.54) is 12.8 Å². The van der Waals surface area contributed by atoms with Gasteiger partial charge in [0.2, 0.25) is 5.91 Å². The first-order valence-corrected chi connectivity index (χ1v) is 10.2. The minimum atomic E-state index is -0.199. The van der Waals surface area contributed by atoms with Crippen molar-refractivity contribution < 1.29 is 14.3 Å². The zero-order valence-electron chi connectivity index (χ0n) is 15.5. The molecule has 0 unspecified atom stereocenters. The summed E-state index contributed by atoms with van der Waals surface area (Å²) in [5.41, 5.74) is 0.696. The number of ether oxygens (including phenoxy) is 2. The summed E-state index contributed by atoms with van der Waals surface area (Å²) < 4.78 is 12.1. The minimum absolute atomic E-state index is 0.112. The van der Waals surface area contributed by atoms with Crippen LogP contribution in [0, 0.1) is 5.92 Å². The van der Waals surface area contributed by atoms with Crippen LogP contribution >= 0.6 is 11.6 Å². The maximum absolute atomic E-state index is 13.0. The molecule has 5 heteroatoms. The Kier molecular flexibility index (Phi) is 5.27. The molecule has 0 bridgehead atoms. The molecule has 0 N–H and O–H groups in total. The van der Waals surface area contributed by atoms with E-state index < -0.39 is 0 Å². The van der Waals surface area contributed by atoms with Gasteiger partial charge in [0.15, 0.2) is 0 Å². The number of hydrogen-bond donors (Lipinski definition) is 0. The Hall–Kier alpha value is -1.10. The van der Waals surface area contributed by atoms with Crippen LogP contribution in [0.15, 0.2) is 24.3 Å². The minimum Gasteiger partial charge on any atom is -0.378 e. The molecule has 1 aromatic carbocycles. The fourth-order valence-electron chi connectivity index (χ4n) is 4.57. The lowest BCUT2D eigenvalue weighted by Gasteiger charge is -2.43. The third kappa shape index (κ3) is 3.64. The van der Waals surface area contributed by atoms with Gasteiger partial charge >= 0.3 is 0 Å². The van der Waals surface area contributed by atoms with Crippen LogP contribution in [0.3, 0.4) is 0 Å². The predicted octanol–water partition coefficient (Wildman–Crippen LogP) is 3.85. The van der Waals surface area contributed by atoms with E-state index in [9.17, 15) is 4.79 Å². The number of carbonyl (C=O) groups excluding carboxylic acids is 1. The van der Waals surface area contributed by atoms with E-state index in [-0.39, 0.29) is 23.7 Å². The summed E-state index contributed by atoms with van der Waals surface area (Å²) >= 11 is 6.25. The molecule has 1 heterocycles. The Bertz CT molecular complexity index is 662. The van der Waals surface area contributed by atoms with Crippen LogP contribution in [0.25, 0.3) is 0 Å². The smallest absolute Gasteiger partial charge is 0.227 e. The van der Waals surface area contributed by atoms with E-state index >= 15 is 0 Å². The Morgan fingerprint density at radius 3 is 2.81 bits per heavy atom. The van der Waals surface area contributed by atoms with Crippen molar-refractivity contribution in [3.8, 4) is 0 Å². The molecule has 4 nitrogen and oxygen atoms in total. The van der Waals surface area contributed by atoms with Crippen LogP contribution in [0.5, 0.6) is 0 Å². The molecule has 3 aliphatic rings. The Morgan fingerprint density at radius 2 is 2.08 bits per heavy atom. The molecule has 2 aliphatic carbocycles. The number of carbonyl (C=O) groups is 1. The molecule has 1 aromatic rings. The van der Waals surface area contributed by atoms with Gasteiger partial charge in [-0.25, -0.2) is 0 Å². The third-order valence-corrected chi connectivity index (χ3v) is 6.79. The van der Waals surface area contributed by atoms with Gasteiger partial charge in [0, 0.05) is 25.3 Å². The van der Waals surface area contributed by atoms with Crippen molar-refractivity contribution >= 4 is 17.5 Å². The Balaban J connectivity index is 1.45. The highest BCUT2D eigenvalue weighted by Gasteiger charge is 2.52. The largest absolute Gasteiger partial charge is 0.378 e. The molecule has 1 aliphatic heterocycles. The number of fused-ring (bicyclic) bond motifs is 1. The molecule has 1 amide bonds. The Labute approximate surface area is 160 Å². The zero-order valence-corrected chi connectivity index (χ0v) is 16.2. The highest BCUT2D eigenvalue weighted by atomic mass is 35.5. The lowest BCUT2D eigenvalue weighted by Crippen LogP contribution is -2.53. The van der Waals surface area contributed by atoms with Crippen LogP contribution < -0.4 is 0 Å². The Morgan fingerprint density at radius 1 is 1.27 bits per heavy atom. The highest BCUT2D eigenvalue weighted by Crippen LogP contribution is 2.44. The van der Waals surface area contributed by atoms with Crippen LogP contribution in [-0.2, 0) is 20.7 Å². The van der Waals surface area contributed by atoms with E-state index in [1.54, 1.807) is 7.11 Å². The van der Waals surface area contributed by atoms with Crippen molar-refractivity contribution in [1.82, 2.24) is 4.90 Å². The normalized spacial score (nSPS) is 31.1. The highest BCUT2D eigenvalue weighted by molar-refractivity contribution is 6.31. The predicted molar refractivity (Wildman–Crippen MR) is 101 cm³/mol. The van der Waals surface area contributed by atoms with Crippen LogP contribution in [-0.4, -0.2) is 48.8 Å². The van der Waals surface area contributed by atoms with Gasteiger partial charge in [-0.15, -0.1) is 0 Å². The average Bonchev–Trinajstić information content (AvgIpc) is 3.40. The first-order chi connectivity index (χ1) is 12.6. The zero-order chi connectivity index (χ0) is 18.1. The van der Waals surface area contributed by atoms with Crippen molar-refractivity contribution in [2.24, 2.45) is 5.92 Å². The number of halogens is 1. The maximum atomic E-state index is 13.0. The molecule has 0 radical (unpaired) electrons. The third-order valence-electron chi connectivity index (χ3n) is 6.43. The van der Waals surface area contributed by atoms with Crippen LogP contribution in [0.4, 0.5) is 0 Å². The molecule has 0 spiro atoms. The number of rotatable bonds is 6. The quantitative estimate of drug-likeness (QED) is 0.755. The number of benzene rings is 1. The van der Waals surface area contributed by atoms with Gasteiger partial charge in [-0.2, -0.15) is 0 Å². The number of nitrogens with zero attached hydrogens (tertiary/aromatic N) is 1. The lowest BCUT2D eigenvalue weighted by molar-refractivity contribution is -0.141. The van der Waals surface area contributed by atoms with E-state index in [1.807, 2.05) is 29.2 Å². The SMILES string of the molecule is CO[C@@]12CC[C@H](OCC3CC3)C[C@@H]1N(C(=O)Cc1ccccc1Cl)CC2. The fraction of sp³-hybridized carbons (Fsp3) is 0.667. The van der Waals surface area contributed by atoms with Crippen molar-refractivity contribution in [1.29, 1.82) is 0 Å². The summed E-state index contributed by atoms with van der Waals surface area (Å²) in [6, 6.07) is 7.71. The van der Waals surface area contributed by atoms with Gasteiger partial charge < -0.3 is 14.4 Å².